The molecule has 2 heterocycles. The Bertz CT molecular complexity index is 1160. The first-order valence-electron chi connectivity index (χ1n) is 12.8. The quantitative estimate of drug-likeness (QED) is 0.622. The minimum absolute atomic E-state index is 0.00848. The van der Waals surface area contributed by atoms with Gasteiger partial charge < -0.3 is 29.7 Å². The van der Waals surface area contributed by atoms with Crippen LogP contribution in [0.3, 0.4) is 0 Å². The van der Waals surface area contributed by atoms with Gasteiger partial charge in [0.2, 0.25) is 11.8 Å². The number of fused-ring (bicyclic) bond motifs is 3. The fraction of sp³-hybridized carbons (Fsp3) is 0.464. The molecule has 0 saturated carbocycles. The number of ether oxygens (including phenoxy) is 3. The van der Waals surface area contributed by atoms with Crippen molar-refractivity contribution in [2.45, 2.75) is 56.4 Å². The normalized spacial score (nSPS) is 23.1. The number of nitrogens with one attached hydrogen (secondary N) is 2. The summed E-state index contributed by atoms with van der Waals surface area (Å²) in [6.45, 7) is 0.191. The van der Waals surface area contributed by atoms with Gasteiger partial charge in [0.25, 0.3) is 5.91 Å². The number of nitrogens with zero attached hydrogens (tertiary/aromatic N) is 1. The van der Waals surface area contributed by atoms with Crippen LogP contribution in [0.15, 0.2) is 42.5 Å². The number of anilines is 1. The molecule has 9 nitrogen and oxygen atoms in total. The Morgan fingerprint density at radius 2 is 1.84 bits per heavy atom. The van der Waals surface area contributed by atoms with Crippen LogP contribution >= 0.6 is 0 Å². The molecule has 2 aromatic rings. The Hall–Kier alpha value is -3.43. The first-order chi connectivity index (χ1) is 17.9. The standard InChI is InChI=1S/C28H33N3O6/c1-31-23-9-8-21(14-26(32)30-20-11-17-5-3-4-6-18(17)12-20)37-25(23)15-36-24-10-7-19(13-22(24)28(31)34)29-27(33)16-35-2/h3-7,10,13,20-21,23,25H,8-9,11-12,14-16H2,1-2H3,(H,29,33)(H,30,32)/t21-,23+,25-/m1/s1. The van der Waals surface area contributed by atoms with Gasteiger partial charge in [0, 0.05) is 25.9 Å². The molecule has 1 aliphatic carbocycles. The number of likely N-dealkylation sites (N-methyl/N-ethyl adjacent to an activating group) is 1. The van der Waals surface area contributed by atoms with Crippen molar-refractivity contribution in [3.63, 3.8) is 0 Å². The van der Waals surface area contributed by atoms with E-state index in [1.165, 1.54) is 18.2 Å². The fourth-order valence-electron chi connectivity index (χ4n) is 5.59. The average Bonchev–Trinajstić information content (AvgIpc) is 3.28. The van der Waals surface area contributed by atoms with E-state index in [1.54, 1.807) is 30.1 Å². The lowest BCUT2D eigenvalue weighted by Gasteiger charge is -2.42. The van der Waals surface area contributed by atoms with E-state index < -0.39 is 0 Å². The van der Waals surface area contributed by atoms with Crippen molar-refractivity contribution in [1.82, 2.24) is 10.2 Å². The Balaban J connectivity index is 1.20. The van der Waals surface area contributed by atoms with E-state index in [9.17, 15) is 14.4 Å². The van der Waals surface area contributed by atoms with Gasteiger partial charge in [-0.25, -0.2) is 0 Å². The summed E-state index contributed by atoms with van der Waals surface area (Å²) in [5, 5.41) is 5.89. The van der Waals surface area contributed by atoms with Gasteiger partial charge in [-0.2, -0.15) is 0 Å². The van der Waals surface area contributed by atoms with Crippen molar-refractivity contribution in [2.24, 2.45) is 0 Å². The maximum Gasteiger partial charge on any atom is 0.257 e. The van der Waals surface area contributed by atoms with Crippen LogP contribution in [0.5, 0.6) is 5.75 Å². The van der Waals surface area contributed by atoms with E-state index in [2.05, 4.69) is 22.8 Å². The topological polar surface area (TPSA) is 106 Å². The van der Waals surface area contributed by atoms with Crippen molar-refractivity contribution in [3.8, 4) is 5.75 Å². The molecule has 0 unspecified atom stereocenters. The van der Waals surface area contributed by atoms with E-state index in [1.807, 2.05) is 12.1 Å². The third kappa shape index (κ3) is 5.62. The van der Waals surface area contributed by atoms with Gasteiger partial charge in [-0.05, 0) is 55.0 Å². The fourth-order valence-corrected chi connectivity index (χ4v) is 5.59. The number of carbonyl (C=O) groups excluding carboxylic acids is 3. The van der Waals surface area contributed by atoms with Gasteiger partial charge in [0.15, 0.2) is 0 Å². The lowest BCUT2D eigenvalue weighted by molar-refractivity contribution is -0.134. The van der Waals surface area contributed by atoms with Gasteiger partial charge in [0.05, 0.1) is 24.1 Å². The summed E-state index contributed by atoms with van der Waals surface area (Å²) in [6.07, 6.45) is 2.82. The first-order valence-corrected chi connectivity index (χ1v) is 12.8. The molecule has 9 heteroatoms. The van der Waals surface area contributed by atoms with Gasteiger partial charge in [-0.1, -0.05) is 24.3 Å². The third-order valence-corrected chi connectivity index (χ3v) is 7.40. The first kappa shape index (κ1) is 25.2. The highest BCUT2D eigenvalue weighted by molar-refractivity contribution is 6.00. The van der Waals surface area contributed by atoms with Crippen LogP contribution in [-0.2, 0) is 31.9 Å². The molecule has 2 N–H and O–H groups in total. The number of carbonyl (C=O) groups is 3. The molecule has 1 fully saturated rings. The zero-order valence-corrected chi connectivity index (χ0v) is 21.2. The second-order valence-corrected chi connectivity index (χ2v) is 10.0. The van der Waals surface area contributed by atoms with Crippen molar-refractivity contribution in [2.75, 3.05) is 32.7 Å². The molecular formula is C28H33N3O6. The van der Waals surface area contributed by atoms with Crippen LogP contribution in [-0.4, -0.2) is 74.3 Å². The van der Waals surface area contributed by atoms with Crippen molar-refractivity contribution < 1.29 is 28.6 Å². The summed E-state index contributed by atoms with van der Waals surface area (Å²) in [4.78, 5) is 39.7. The van der Waals surface area contributed by atoms with Crippen LogP contribution in [0.1, 0.15) is 40.7 Å². The molecular weight excluding hydrogens is 474 g/mol. The predicted octanol–water partition coefficient (Wildman–Crippen LogP) is 2.33. The van der Waals surface area contributed by atoms with Crippen LogP contribution in [0.25, 0.3) is 0 Å². The molecule has 37 heavy (non-hydrogen) atoms. The highest BCUT2D eigenvalue weighted by atomic mass is 16.5. The maximum absolute atomic E-state index is 13.3. The van der Waals surface area contributed by atoms with Crippen LogP contribution in [0, 0.1) is 0 Å². The van der Waals surface area contributed by atoms with Crippen molar-refractivity contribution >= 4 is 23.4 Å². The molecule has 0 radical (unpaired) electrons. The number of hydrogen-bond donors (Lipinski definition) is 2. The number of benzene rings is 2. The van der Waals surface area contributed by atoms with E-state index >= 15 is 0 Å². The minimum Gasteiger partial charge on any atom is -0.490 e. The van der Waals surface area contributed by atoms with Gasteiger partial charge in [-0.15, -0.1) is 0 Å². The SMILES string of the molecule is COCC(=O)Nc1ccc2c(c1)C(=O)N(C)[C@H]1CC[C@H](CC(=O)NC3Cc4ccccc4C3)O[C@@H]1CO2. The van der Waals surface area contributed by atoms with Crippen molar-refractivity contribution in [3.05, 3.63) is 59.2 Å². The van der Waals surface area contributed by atoms with Crippen LogP contribution < -0.4 is 15.4 Å². The predicted molar refractivity (Wildman–Crippen MR) is 137 cm³/mol. The molecule has 2 aromatic carbocycles. The monoisotopic (exact) mass is 507 g/mol. The van der Waals surface area contributed by atoms with Crippen LogP contribution in [0.4, 0.5) is 5.69 Å². The second kappa shape index (κ2) is 10.9. The summed E-state index contributed by atoms with van der Waals surface area (Å²) < 4.78 is 17.2. The second-order valence-electron chi connectivity index (χ2n) is 10.0. The van der Waals surface area contributed by atoms with Crippen molar-refractivity contribution in [1.29, 1.82) is 0 Å². The summed E-state index contributed by atoms with van der Waals surface area (Å²) in [5.74, 6) is -0.0772. The Labute approximate surface area is 216 Å². The van der Waals surface area contributed by atoms with E-state index in [0.717, 1.165) is 12.8 Å². The number of methoxy groups -OCH3 is 1. The molecule has 0 aromatic heterocycles. The Morgan fingerprint density at radius 1 is 1.08 bits per heavy atom. The average molecular weight is 508 g/mol. The van der Waals surface area contributed by atoms with Gasteiger partial charge in [-0.3, -0.25) is 14.4 Å². The Kier molecular flexibility index (Phi) is 7.43. The van der Waals surface area contributed by atoms with E-state index in [4.69, 9.17) is 14.2 Å². The summed E-state index contributed by atoms with van der Waals surface area (Å²) >= 11 is 0. The summed E-state index contributed by atoms with van der Waals surface area (Å²) in [7, 11) is 3.21. The van der Waals surface area contributed by atoms with Crippen LogP contribution in [0.2, 0.25) is 0 Å². The highest BCUT2D eigenvalue weighted by Gasteiger charge is 2.39. The van der Waals surface area contributed by atoms with E-state index in [0.29, 0.717) is 29.8 Å². The lowest BCUT2D eigenvalue weighted by Crippen LogP contribution is -2.54. The molecule has 196 valence electrons. The van der Waals surface area contributed by atoms with Gasteiger partial charge in [0.1, 0.15) is 25.1 Å². The zero-order chi connectivity index (χ0) is 25.9. The largest absolute Gasteiger partial charge is 0.490 e. The number of amides is 3. The maximum atomic E-state index is 13.3. The van der Waals surface area contributed by atoms with E-state index in [-0.39, 0.29) is 61.6 Å². The smallest absolute Gasteiger partial charge is 0.257 e. The highest BCUT2D eigenvalue weighted by Crippen LogP contribution is 2.32. The molecule has 0 spiro atoms. The number of rotatable bonds is 6. The molecule has 5 rings (SSSR count). The zero-order valence-electron chi connectivity index (χ0n) is 21.2. The Morgan fingerprint density at radius 3 is 2.57 bits per heavy atom. The molecule has 3 aliphatic rings. The van der Waals surface area contributed by atoms with Gasteiger partial charge >= 0.3 is 0 Å². The third-order valence-electron chi connectivity index (χ3n) is 7.40. The molecule has 3 amide bonds. The molecule has 0 bridgehead atoms. The number of hydrogen-bond acceptors (Lipinski definition) is 6. The minimum atomic E-state index is -0.342. The molecule has 3 atom stereocenters. The molecule has 2 aliphatic heterocycles. The molecule has 1 saturated heterocycles. The summed E-state index contributed by atoms with van der Waals surface area (Å²) in [6, 6.07) is 13.3. The summed E-state index contributed by atoms with van der Waals surface area (Å²) in [5.41, 5.74) is 3.48. The lowest BCUT2D eigenvalue weighted by atomic mass is 9.94.